The minimum atomic E-state index is -0.694. The molecule has 23 heavy (non-hydrogen) atoms. The van der Waals surface area contributed by atoms with E-state index in [1.54, 1.807) is 0 Å². The van der Waals surface area contributed by atoms with Gasteiger partial charge in [-0.25, -0.2) is 0 Å². The molecule has 2 N–H and O–H groups in total. The van der Waals surface area contributed by atoms with Crippen molar-refractivity contribution in [1.82, 2.24) is 0 Å². The van der Waals surface area contributed by atoms with Crippen LogP contribution in [0.25, 0.3) is 0 Å². The minimum absolute atomic E-state index is 0. The lowest BCUT2D eigenvalue weighted by molar-refractivity contribution is -0.148. The predicted molar refractivity (Wildman–Crippen MR) is 95.7 cm³/mol. The lowest BCUT2D eigenvalue weighted by Gasteiger charge is -2.34. The van der Waals surface area contributed by atoms with Gasteiger partial charge in [-0.05, 0) is 50.4 Å². The van der Waals surface area contributed by atoms with E-state index in [4.69, 9.17) is 10.5 Å². The van der Waals surface area contributed by atoms with Crippen molar-refractivity contribution in [2.75, 3.05) is 7.11 Å². The number of ether oxygens (including phenoxy) is 1. The Hall–Kier alpha value is -0.610. The summed E-state index contributed by atoms with van der Waals surface area (Å²) in [6, 6.07) is 0. The van der Waals surface area contributed by atoms with Gasteiger partial charge in [0.25, 0.3) is 0 Å². The van der Waals surface area contributed by atoms with Crippen LogP contribution in [0.1, 0.15) is 78.1 Å². The first-order chi connectivity index (χ1) is 10.4. The number of esters is 1. The van der Waals surface area contributed by atoms with Crippen molar-refractivity contribution >= 4 is 24.2 Å². The van der Waals surface area contributed by atoms with Gasteiger partial charge in [-0.1, -0.05) is 26.7 Å². The maximum atomic E-state index is 11.3. The molecule has 4 nitrogen and oxygen atoms in total. The molecule has 2 fully saturated rings. The maximum absolute atomic E-state index is 11.3. The molecule has 136 valence electrons. The summed E-state index contributed by atoms with van der Waals surface area (Å²) in [7, 11) is 1.41. The summed E-state index contributed by atoms with van der Waals surface area (Å²) in [4.78, 5) is 22.1. The third-order valence-electron chi connectivity index (χ3n) is 5.41. The Kier molecular flexibility index (Phi) is 10.7. The zero-order valence-electron chi connectivity index (χ0n) is 14.9. The number of carbonyl (C=O) groups excluding carboxylic acids is 2. The molecule has 5 heteroatoms. The highest BCUT2D eigenvalue weighted by molar-refractivity contribution is 5.85. The number of carbonyl (C=O) groups is 2. The first-order valence-corrected chi connectivity index (χ1v) is 8.84. The first kappa shape index (κ1) is 22.4. The van der Waals surface area contributed by atoms with Crippen LogP contribution in [0.15, 0.2) is 0 Å². The highest BCUT2D eigenvalue weighted by atomic mass is 35.5. The van der Waals surface area contributed by atoms with Gasteiger partial charge in [-0.3, -0.25) is 9.59 Å². The van der Waals surface area contributed by atoms with Crippen LogP contribution in [0.4, 0.5) is 0 Å². The van der Waals surface area contributed by atoms with E-state index in [1.807, 2.05) is 0 Å². The summed E-state index contributed by atoms with van der Waals surface area (Å²) in [6.45, 7) is 4.40. The first-order valence-electron chi connectivity index (χ1n) is 8.84. The van der Waals surface area contributed by atoms with Crippen molar-refractivity contribution in [3.8, 4) is 0 Å². The predicted octanol–water partition coefficient (Wildman–Crippen LogP) is 4.03. The number of methoxy groups -OCH3 is 1. The van der Waals surface area contributed by atoms with Crippen LogP contribution >= 0.6 is 12.4 Å². The van der Waals surface area contributed by atoms with Gasteiger partial charge >= 0.3 is 5.97 Å². The number of rotatable bonds is 3. The maximum Gasteiger partial charge on any atom is 0.325 e. The van der Waals surface area contributed by atoms with Gasteiger partial charge in [-0.15, -0.1) is 12.4 Å². The average Bonchev–Trinajstić information content (AvgIpc) is 2.56. The van der Waals surface area contributed by atoms with Crippen LogP contribution in [0.2, 0.25) is 0 Å². The number of nitrogens with two attached hydrogens (primary N) is 1. The van der Waals surface area contributed by atoms with Crippen LogP contribution in [0.3, 0.4) is 0 Å². The van der Waals surface area contributed by atoms with Crippen LogP contribution in [-0.2, 0) is 14.3 Å². The smallest absolute Gasteiger partial charge is 0.325 e. The minimum Gasteiger partial charge on any atom is -0.468 e. The lowest BCUT2D eigenvalue weighted by Crippen LogP contribution is -2.51. The van der Waals surface area contributed by atoms with Gasteiger partial charge in [0, 0.05) is 12.8 Å². The summed E-state index contributed by atoms with van der Waals surface area (Å²) < 4.78 is 4.70. The fourth-order valence-electron chi connectivity index (χ4n) is 3.42. The highest BCUT2D eigenvalue weighted by Crippen LogP contribution is 2.32. The summed E-state index contributed by atoms with van der Waals surface area (Å²) >= 11 is 0. The van der Waals surface area contributed by atoms with Gasteiger partial charge in [0.05, 0.1) is 7.11 Å². The number of halogens is 1. The second kappa shape index (κ2) is 11.0. The van der Waals surface area contributed by atoms with Crippen LogP contribution in [0.5, 0.6) is 0 Å². The molecule has 0 bridgehead atoms. The molecule has 0 heterocycles. The molecule has 2 rings (SSSR count). The molecule has 0 atom stereocenters. The fourth-order valence-corrected chi connectivity index (χ4v) is 3.42. The molecule has 0 aromatic rings. The fraction of sp³-hybridized carbons (Fsp3) is 0.889. The number of hydrogen-bond donors (Lipinski definition) is 1. The zero-order chi connectivity index (χ0) is 16.6. The standard InChI is InChI=1S/C10H19NO2.C8H14O.ClH/c1-3-8-4-6-10(11,7-5-8)9(12)13-2;1-2-7-3-5-8(9)6-4-7;/h8H,3-7,11H2,1-2H3;7H,2-6H2,1H3;1H. The molecule has 0 aromatic heterocycles. The molecule has 0 amide bonds. The number of ketones is 1. The zero-order valence-corrected chi connectivity index (χ0v) is 15.8. The quantitative estimate of drug-likeness (QED) is 0.782. The largest absolute Gasteiger partial charge is 0.468 e. The summed E-state index contributed by atoms with van der Waals surface area (Å²) in [5.41, 5.74) is 5.26. The molecule has 0 radical (unpaired) electrons. The molecule has 2 aliphatic carbocycles. The van der Waals surface area contributed by atoms with E-state index in [0.717, 1.165) is 63.2 Å². The molecule has 0 aromatic carbocycles. The van der Waals surface area contributed by atoms with Gasteiger partial charge in [0.15, 0.2) is 0 Å². The summed E-state index contributed by atoms with van der Waals surface area (Å²) in [6.07, 6.45) is 10.1. The van der Waals surface area contributed by atoms with Crippen molar-refractivity contribution < 1.29 is 14.3 Å². The van der Waals surface area contributed by atoms with E-state index in [2.05, 4.69) is 13.8 Å². The number of hydrogen-bond acceptors (Lipinski definition) is 4. The van der Waals surface area contributed by atoms with Crippen LogP contribution < -0.4 is 5.73 Å². The van der Waals surface area contributed by atoms with E-state index in [1.165, 1.54) is 20.0 Å². The monoisotopic (exact) mass is 347 g/mol. The average molecular weight is 348 g/mol. The van der Waals surface area contributed by atoms with Crippen molar-refractivity contribution in [1.29, 1.82) is 0 Å². The molecule has 2 saturated carbocycles. The third kappa shape index (κ3) is 7.21. The van der Waals surface area contributed by atoms with Crippen molar-refractivity contribution in [2.45, 2.75) is 83.6 Å². The van der Waals surface area contributed by atoms with E-state index in [-0.39, 0.29) is 18.4 Å². The molecule has 2 aliphatic rings. The van der Waals surface area contributed by atoms with Gasteiger partial charge in [0.2, 0.25) is 0 Å². The second-order valence-electron chi connectivity index (χ2n) is 6.89. The van der Waals surface area contributed by atoms with Crippen LogP contribution in [0, 0.1) is 11.8 Å². The topological polar surface area (TPSA) is 69.4 Å². The Balaban J connectivity index is 0.000000427. The normalized spacial score (nSPS) is 28.2. The van der Waals surface area contributed by atoms with E-state index in [9.17, 15) is 9.59 Å². The molecule has 0 aliphatic heterocycles. The Morgan fingerprint density at radius 2 is 1.52 bits per heavy atom. The highest BCUT2D eigenvalue weighted by Gasteiger charge is 2.38. The summed E-state index contributed by atoms with van der Waals surface area (Å²) in [5, 5.41) is 0. The molecule has 0 spiro atoms. The molecule has 0 unspecified atom stereocenters. The Bertz CT molecular complexity index is 355. The lowest BCUT2D eigenvalue weighted by atomic mass is 9.76. The summed E-state index contributed by atoms with van der Waals surface area (Å²) in [5.74, 6) is 1.82. The van der Waals surface area contributed by atoms with Gasteiger partial charge < -0.3 is 10.5 Å². The Morgan fingerprint density at radius 1 is 1.09 bits per heavy atom. The van der Waals surface area contributed by atoms with E-state index >= 15 is 0 Å². The van der Waals surface area contributed by atoms with Gasteiger partial charge in [0.1, 0.15) is 11.3 Å². The molecular formula is C18H34ClNO3. The molecule has 0 saturated heterocycles. The number of Topliss-reactive ketones (excluding diaryl/α,β-unsaturated/α-hetero) is 1. The van der Waals surface area contributed by atoms with E-state index in [0.29, 0.717) is 5.78 Å². The van der Waals surface area contributed by atoms with Gasteiger partial charge in [-0.2, -0.15) is 0 Å². The second-order valence-corrected chi connectivity index (χ2v) is 6.89. The third-order valence-corrected chi connectivity index (χ3v) is 5.41. The Morgan fingerprint density at radius 3 is 1.91 bits per heavy atom. The SMILES string of the molecule is CCC1CCC(=O)CC1.CCC1CCC(N)(C(=O)OC)CC1.Cl. The van der Waals surface area contributed by atoms with Crippen LogP contribution in [-0.4, -0.2) is 24.4 Å². The van der Waals surface area contributed by atoms with E-state index < -0.39 is 5.54 Å². The van der Waals surface area contributed by atoms with Crippen molar-refractivity contribution in [2.24, 2.45) is 17.6 Å². The van der Waals surface area contributed by atoms with Crippen molar-refractivity contribution in [3.63, 3.8) is 0 Å². The Labute approximate surface area is 147 Å². The van der Waals surface area contributed by atoms with Crippen molar-refractivity contribution in [3.05, 3.63) is 0 Å². The molecular weight excluding hydrogens is 314 g/mol.